The third-order valence-electron chi connectivity index (χ3n) is 3.56. The van der Waals surface area contributed by atoms with Gasteiger partial charge in [-0.3, -0.25) is 9.69 Å². The van der Waals surface area contributed by atoms with Crippen LogP contribution in [-0.2, 0) is 4.74 Å². The standard InChI is InChI=1S/C16H23NO2/c1-11-5-6-12(2)15(7-11)16(18)10-17-8-13(3)19-14(4)9-17/h5-7,13-14H,8-10H2,1-4H3/t13-,14+. The Morgan fingerprint density at radius 2 is 1.89 bits per heavy atom. The highest BCUT2D eigenvalue weighted by Crippen LogP contribution is 2.15. The van der Waals surface area contributed by atoms with E-state index in [1.807, 2.05) is 32.0 Å². The molecule has 1 aliphatic heterocycles. The second-order valence-corrected chi connectivity index (χ2v) is 5.69. The minimum absolute atomic E-state index is 0.204. The molecule has 1 saturated heterocycles. The Bertz CT molecular complexity index is 460. The average molecular weight is 261 g/mol. The summed E-state index contributed by atoms with van der Waals surface area (Å²) in [6.45, 7) is 10.3. The molecule has 3 nitrogen and oxygen atoms in total. The number of carbonyl (C=O) groups excluding carboxylic acids is 1. The van der Waals surface area contributed by atoms with Crippen LogP contribution in [0, 0.1) is 13.8 Å². The van der Waals surface area contributed by atoms with Crippen LogP contribution in [0.1, 0.15) is 35.3 Å². The molecule has 1 aliphatic rings. The first kappa shape index (κ1) is 14.2. The number of ketones is 1. The van der Waals surface area contributed by atoms with E-state index in [4.69, 9.17) is 4.74 Å². The van der Waals surface area contributed by atoms with E-state index < -0.39 is 0 Å². The first-order chi connectivity index (χ1) is 8.95. The molecule has 1 aromatic carbocycles. The lowest BCUT2D eigenvalue weighted by atomic mass is 10.0. The van der Waals surface area contributed by atoms with Crippen LogP contribution in [-0.4, -0.2) is 42.5 Å². The zero-order valence-corrected chi connectivity index (χ0v) is 12.3. The Morgan fingerprint density at radius 3 is 2.53 bits per heavy atom. The molecule has 1 fully saturated rings. The van der Waals surface area contributed by atoms with Gasteiger partial charge in [-0.15, -0.1) is 0 Å². The van der Waals surface area contributed by atoms with E-state index in [0.29, 0.717) is 6.54 Å². The second kappa shape index (κ2) is 5.85. The van der Waals surface area contributed by atoms with Crippen LogP contribution in [0.3, 0.4) is 0 Å². The maximum atomic E-state index is 12.4. The molecule has 0 unspecified atom stereocenters. The molecule has 1 aromatic rings. The number of Topliss-reactive ketones (excluding diaryl/α,β-unsaturated/α-hetero) is 1. The minimum Gasteiger partial charge on any atom is -0.373 e. The zero-order valence-electron chi connectivity index (χ0n) is 12.3. The number of nitrogens with zero attached hydrogens (tertiary/aromatic N) is 1. The predicted molar refractivity (Wildman–Crippen MR) is 76.7 cm³/mol. The highest BCUT2D eigenvalue weighted by molar-refractivity contribution is 5.99. The van der Waals surface area contributed by atoms with E-state index in [9.17, 15) is 4.79 Å². The summed E-state index contributed by atoms with van der Waals surface area (Å²) in [6, 6.07) is 6.06. The number of carbonyl (C=O) groups is 1. The van der Waals surface area contributed by atoms with E-state index in [1.54, 1.807) is 0 Å². The number of ether oxygens (including phenoxy) is 1. The van der Waals surface area contributed by atoms with Gasteiger partial charge in [0.15, 0.2) is 5.78 Å². The first-order valence-corrected chi connectivity index (χ1v) is 6.94. The summed E-state index contributed by atoms with van der Waals surface area (Å²) in [7, 11) is 0. The van der Waals surface area contributed by atoms with E-state index in [1.165, 1.54) is 0 Å². The van der Waals surface area contributed by atoms with Crippen molar-refractivity contribution in [3.8, 4) is 0 Å². The summed E-state index contributed by atoms with van der Waals surface area (Å²) in [4.78, 5) is 14.6. The smallest absolute Gasteiger partial charge is 0.177 e. The third kappa shape index (κ3) is 3.64. The molecular weight excluding hydrogens is 238 g/mol. The maximum absolute atomic E-state index is 12.4. The average Bonchev–Trinajstić information content (AvgIpc) is 2.30. The van der Waals surface area contributed by atoms with Gasteiger partial charge in [0.2, 0.25) is 0 Å². The number of benzene rings is 1. The van der Waals surface area contributed by atoms with Gasteiger partial charge in [0, 0.05) is 18.7 Å². The maximum Gasteiger partial charge on any atom is 0.177 e. The van der Waals surface area contributed by atoms with Crippen molar-refractivity contribution >= 4 is 5.78 Å². The summed E-state index contributed by atoms with van der Waals surface area (Å²) in [6.07, 6.45) is 0.408. The lowest BCUT2D eigenvalue weighted by molar-refractivity contribution is -0.0652. The SMILES string of the molecule is Cc1ccc(C)c(C(=O)CN2C[C@@H](C)O[C@@H](C)C2)c1. The summed E-state index contributed by atoms with van der Waals surface area (Å²) in [5.74, 6) is 0.211. The molecule has 0 aromatic heterocycles. The molecule has 0 amide bonds. The van der Waals surface area contributed by atoms with Crippen LogP contribution >= 0.6 is 0 Å². The van der Waals surface area contributed by atoms with Crippen molar-refractivity contribution < 1.29 is 9.53 Å². The molecular formula is C16H23NO2. The van der Waals surface area contributed by atoms with E-state index in [0.717, 1.165) is 29.8 Å². The van der Waals surface area contributed by atoms with Crippen molar-refractivity contribution in [1.82, 2.24) is 4.90 Å². The van der Waals surface area contributed by atoms with E-state index in [2.05, 4.69) is 18.7 Å². The second-order valence-electron chi connectivity index (χ2n) is 5.69. The number of aryl methyl sites for hydroxylation is 2. The predicted octanol–water partition coefficient (Wildman–Crippen LogP) is 2.60. The highest BCUT2D eigenvalue weighted by Gasteiger charge is 2.24. The first-order valence-electron chi connectivity index (χ1n) is 6.94. The van der Waals surface area contributed by atoms with Crippen LogP contribution < -0.4 is 0 Å². The van der Waals surface area contributed by atoms with Crippen LogP contribution in [0.5, 0.6) is 0 Å². The van der Waals surface area contributed by atoms with Gasteiger partial charge in [0.25, 0.3) is 0 Å². The Balaban J connectivity index is 2.06. The monoisotopic (exact) mass is 261 g/mol. The molecule has 1 heterocycles. The van der Waals surface area contributed by atoms with Crippen molar-refractivity contribution in [2.24, 2.45) is 0 Å². The Hall–Kier alpha value is -1.19. The van der Waals surface area contributed by atoms with Crippen molar-refractivity contribution in [3.63, 3.8) is 0 Å². The van der Waals surface area contributed by atoms with Gasteiger partial charge in [-0.1, -0.05) is 17.7 Å². The lowest BCUT2D eigenvalue weighted by Gasteiger charge is -2.34. The Labute approximate surface area is 115 Å². The Morgan fingerprint density at radius 1 is 1.26 bits per heavy atom. The molecule has 2 rings (SSSR count). The number of morpholine rings is 1. The van der Waals surface area contributed by atoms with E-state index in [-0.39, 0.29) is 18.0 Å². The van der Waals surface area contributed by atoms with Crippen LogP contribution in [0.2, 0.25) is 0 Å². The van der Waals surface area contributed by atoms with Crippen LogP contribution in [0.4, 0.5) is 0 Å². The topological polar surface area (TPSA) is 29.5 Å². The van der Waals surface area contributed by atoms with Crippen LogP contribution in [0.25, 0.3) is 0 Å². The van der Waals surface area contributed by atoms with Gasteiger partial charge in [0.05, 0.1) is 18.8 Å². The highest BCUT2D eigenvalue weighted by atomic mass is 16.5. The lowest BCUT2D eigenvalue weighted by Crippen LogP contribution is -2.47. The molecule has 0 N–H and O–H groups in total. The molecule has 2 atom stereocenters. The van der Waals surface area contributed by atoms with Crippen molar-refractivity contribution in [1.29, 1.82) is 0 Å². The quantitative estimate of drug-likeness (QED) is 0.783. The molecule has 3 heteroatoms. The van der Waals surface area contributed by atoms with Gasteiger partial charge in [-0.2, -0.15) is 0 Å². The Kier molecular flexibility index (Phi) is 4.38. The summed E-state index contributed by atoms with van der Waals surface area (Å²) in [5.41, 5.74) is 3.05. The van der Waals surface area contributed by atoms with Gasteiger partial charge in [-0.25, -0.2) is 0 Å². The molecule has 104 valence electrons. The van der Waals surface area contributed by atoms with Gasteiger partial charge < -0.3 is 4.74 Å². The molecule has 19 heavy (non-hydrogen) atoms. The largest absolute Gasteiger partial charge is 0.373 e. The number of hydrogen-bond donors (Lipinski definition) is 0. The fourth-order valence-corrected chi connectivity index (χ4v) is 2.74. The molecule has 0 radical (unpaired) electrons. The number of hydrogen-bond acceptors (Lipinski definition) is 3. The van der Waals surface area contributed by atoms with Gasteiger partial charge >= 0.3 is 0 Å². The van der Waals surface area contributed by atoms with Crippen LogP contribution in [0.15, 0.2) is 18.2 Å². The molecule has 0 saturated carbocycles. The normalized spacial score (nSPS) is 24.4. The molecule has 0 aliphatic carbocycles. The van der Waals surface area contributed by atoms with Crippen molar-refractivity contribution in [3.05, 3.63) is 34.9 Å². The molecule has 0 spiro atoms. The van der Waals surface area contributed by atoms with Gasteiger partial charge in [-0.05, 0) is 39.3 Å². The number of rotatable bonds is 3. The van der Waals surface area contributed by atoms with Crippen molar-refractivity contribution in [2.45, 2.75) is 39.9 Å². The third-order valence-corrected chi connectivity index (χ3v) is 3.56. The summed E-state index contributed by atoms with van der Waals surface area (Å²) in [5, 5.41) is 0. The zero-order chi connectivity index (χ0) is 14.0. The minimum atomic E-state index is 0.204. The fraction of sp³-hybridized carbons (Fsp3) is 0.562. The summed E-state index contributed by atoms with van der Waals surface area (Å²) >= 11 is 0. The fourth-order valence-electron chi connectivity index (χ4n) is 2.74. The van der Waals surface area contributed by atoms with Gasteiger partial charge in [0.1, 0.15) is 0 Å². The molecule has 0 bridgehead atoms. The van der Waals surface area contributed by atoms with Crippen molar-refractivity contribution in [2.75, 3.05) is 19.6 Å². The van der Waals surface area contributed by atoms with E-state index >= 15 is 0 Å². The summed E-state index contributed by atoms with van der Waals surface area (Å²) < 4.78 is 5.69.